The summed E-state index contributed by atoms with van der Waals surface area (Å²) in [6.45, 7) is 3.92. The van der Waals surface area contributed by atoms with Gasteiger partial charge in [-0.15, -0.1) is 0 Å². The van der Waals surface area contributed by atoms with Crippen molar-refractivity contribution in [1.29, 1.82) is 0 Å². The zero-order chi connectivity index (χ0) is 22.1. The monoisotopic (exact) mass is 430 g/mol. The second-order valence-corrected chi connectivity index (χ2v) is 10.1. The zero-order valence-electron chi connectivity index (χ0n) is 19.5. The Morgan fingerprint density at radius 3 is 2.09 bits per heavy atom. The van der Waals surface area contributed by atoms with Crippen LogP contribution in [-0.4, -0.2) is 20.2 Å². The molecule has 3 heteroatoms. The molecule has 1 atom stereocenters. The van der Waals surface area contributed by atoms with Crippen molar-refractivity contribution in [1.82, 2.24) is 0 Å². The predicted molar refractivity (Wildman–Crippen MR) is 127 cm³/mol. The van der Waals surface area contributed by atoms with Gasteiger partial charge in [-0.25, -0.2) is 0 Å². The van der Waals surface area contributed by atoms with Gasteiger partial charge in [0.1, 0.15) is 5.75 Å². The minimum Gasteiger partial charge on any atom is -0.441 e. The maximum Gasteiger partial charge on any atom is 0.315 e. The van der Waals surface area contributed by atoms with Gasteiger partial charge in [0, 0.05) is 23.8 Å². The Morgan fingerprint density at radius 1 is 0.906 bits per heavy atom. The van der Waals surface area contributed by atoms with Crippen molar-refractivity contribution >= 4 is 0 Å². The molecule has 32 heavy (non-hydrogen) atoms. The summed E-state index contributed by atoms with van der Waals surface area (Å²) in [5.74, 6) is 10.2. The van der Waals surface area contributed by atoms with Crippen LogP contribution in [0.25, 0.3) is 0 Å². The van der Waals surface area contributed by atoms with E-state index < -0.39 is 6.48 Å². The summed E-state index contributed by atoms with van der Waals surface area (Å²) in [4.78, 5) is 0. The lowest BCUT2D eigenvalue weighted by Gasteiger charge is -2.57. The van der Waals surface area contributed by atoms with Gasteiger partial charge in [0.25, 0.3) is 0 Å². The topological polar surface area (TPSA) is 27.7 Å². The quantitative estimate of drug-likeness (QED) is 0.403. The van der Waals surface area contributed by atoms with Gasteiger partial charge in [-0.1, -0.05) is 29.5 Å². The minimum atomic E-state index is -0.683. The molecule has 0 N–H and O–H groups in total. The summed E-state index contributed by atoms with van der Waals surface area (Å²) < 4.78 is 17.3. The van der Waals surface area contributed by atoms with E-state index in [0.29, 0.717) is 6.61 Å². The third-order valence-electron chi connectivity index (χ3n) is 7.71. The Balaban J connectivity index is 1.51. The Kier molecular flexibility index (Phi) is 6.01. The third kappa shape index (κ3) is 4.32. The molecule has 4 saturated carbocycles. The lowest BCUT2D eigenvalue weighted by Crippen LogP contribution is -2.48. The Bertz CT molecular complexity index is 976. The molecule has 0 amide bonds. The van der Waals surface area contributed by atoms with Crippen LogP contribution in [0.3, 0.4) is 0 Å². The first-order valence-corrected chi connectivity index (χ1v) is 12.1. The van der Waals surface area contributed by atoms with Crippen LogP contribution in [0.4, 0.5) is 0 Å². The molecule has 168 valence electrons. The van der Waals surface area contributed by atoms with Crippen molar-refractivity contribution in [2.75, 3.05) is 13.7 Å². The first-order valence-electron chi connectivity index (χ1n) is 12.1. The fraction of sp³-hybridized carbons (Fsp3) is 0.517. The van der Waals surface area contributed by atoms with Crippen LogP contribution < -0.4 is 4.74 Å². The molecular formula is C29H34O3. The molecule has 0 aromatic heterocycles. The molecule has 0 radical (unpaired) electrons. The molecule has 1 unspecified atom stereocenters. The average molecular weight is 431 g/mol. The summed E-state index contributed by atoms with van der Waals surface area (Å²) in [6, 6.07) is 14.8. The van der Waals surface area contributed by atoms with Crippen LogP contribution >= 0.6 is 0 Å². The number of hydrogen-bond donors (Lipinski definition) is 0. The molecule has 0 saturated heterocycles. The molecule has 2 aromatic carbocycles. The van der Waals surface area contributed by atoms with Crippen molar-refractivity contribution in [3.05, 3.63) is 64.7 Å². The van der Waals surface area contributed by atoms with Gasteiger partial charge in [-0.05, 0) is 106 Å². The van der Waals surface area contributed by atoms with Crippen molar-refractivity contribution in [3.63, 3.8) is 0 Å². The fourth-order valence-corrected chi connectivity index (χ4v) is 6.74. The van der Waals surface area contributed by atoms with E-state index in [0.717, 1.165) is 34.6 Å². The number of benzene rings is 2. The summed E-state index contributed by atoms with van der Waals surface area (Å²) in [6.07, 6.45) is 8.08. The maximum atomic E-state index is 6.26. The molecule has 4 bridgehead atoms. The van der Waals surface area contributed by atoms with E-state index in [9.17, 15) is 0 Å². The van der Waals surface area contributed by atoms with Crippen LogP contribution in [0.5, 0.6) is 5.75 Å². The molecule has 4 fully saturated rings. The first-order chi connectivity index (χ1) is 15.6. The van der Waals surface area contributed by atoms with E-state index in [1.807, 2.05) is 6.92 Å². The predicted octanol–water partition coefficient (Wildman–Crippen LogP) is 6.21. The molecule has 4 aliphatic rings. The van der Waals surface area contributed by atoms with E-state index >= 15 is 0 Å². The van der Waals surface area contributed by atoms with Gasteiger partial charge >= 0.3 is 6.48 Å². The summed E-state index contributed by atoms with van der Waals surface area (Å²) in [5.41, 5.74) is 4.87. The molecule has 3 nitrogen and oxygen atoms in total. The largest absolute Gasteiger partial charge is 0.441 e. The molecule has 0 aliphatic heterocycles. The van der Waals surface area contributed by atoms with Crippen LogP contribution in [-0.2, 0) is 14.9 Å². The molecule has 2 aromatic rings. The first kappa shape index (κ1) is 21.6. The Labute approximate surface area is 192 Å². The fourth-order valence-electron chi connectivity index (χ4n) is 6.74. The third-order valence-corrected chi connectivity index (χ3v) is 7.71. The number of methoxy groups -OCH3 is 1. The van der Waals surface area contributed by atoms with E-state index in [4.69, 9.17) is 14.2 Å². The maximum absolute atomic E-state index is 6.26. The summed E-state index contributed by atoms with van der Waals surface area (Å²) in [7, 11) is 1.63. The normalized spacial score (nSPS) is 28.8. The lowest BCUT2D eigenvalue weighted by molar-refractivity contribution is -0.231. The molecular weight excluding hydrogens is 396 g/mol. The highest BCUT2D eigenvalue weighted by atomic mass is 16.8. The van der Waals surface area contributed by atoms with Gasteiger partial charge in [-0.3, -0.25) is 0 Å². The van der Waals surface area contributed by atoms with E-state index in [2.05, 4.69) is 61.2 Å². The Morgan fingerprint density at radius 2 is 1.50 bits per heavy atom. The van der Waals surface area contributed by atoms with Crippen molar-refractivity contribution in [2.24, 2.45) is 17.8 Å². The van der Waals surface area contributed by atoms with Gasteiger partial charge in [0.2, 0.25) is 0 Å². The highest BCUT2D eigenvalue weighted by Gasteiger charge is 2.52. The van der Waals surface area contributed by atoms with Gasteiger partial charge in [-0.2, -0.15) is 0 Å². The standard InChI is InChI=1S/C29H34O3/c1-4-31-28(30-3)32-27-12-11-22(10-9-21-7-5-20(2)6-8-21)16-26(27)29-17-23-13-24(18-29)15-25(14-23)19-29/h5-8,11-12,16,23-25,28H,4,13-15,17-19H2,1-3H3. The van der Waals surface area contributed by atoms with Crippen LogP contribution in [0.15, 0.2) is 42.5 Å². The highest BCUT2D eigenvalue weighted by molar-refractivity contribution is 5.51. The van der Waals surface area contributed by atoms with Crippen LogP contribution in [0.1, 0.15) is 67.7 Å². The summed E-state index contributed by atoms with van der Waals surface area (Å²) in [5, 5.41) is 0. The minimum absolute atomic E-state index is 0.205. The smallest absolute Gasteiger partial charge is 0.315 e. The number of ether oxygens (including phenoxy) is 3. The molecule has 0 heterocycles. The van der Waals surface area contributed by atoms with Crippen LogP contribution in [0.2, 0.25) is 0 Å². The van der Waals surface area contributed by atoms with Crippen molar-refractivity contribution in [3.8, 4) is 17.6 Å². The van der Waals surface area contributed by atoms with E-state index in [-0.39, 0.29) is 5.41 Å². The highest BCUT2D eigenvalue weighted by Crippen LogP contribution is 2.62. The number of hydrogen-bond acceptors (Lipinski definition) is 3. The van der Waals surface area contributed by atoms with Crippen molar-refractivity contribution in [2.45, 2.75) is 64.3 Å². The van der Waals surface area contributed by atoms with Gasteiger partial charge in [0.05, 0.1) is 6.61 Å². The van der Waals surface area contributed by atoms with Gasteiger partial charge < -0.3 is 14.2 Å². The van der Waals surface area contributed by atoms with Gasteiger partial charge in [0.15, 0.2) is 0 Å². The van der Waals surface area contributed by atoms with Crippen molar-refractivity contribution < 1.29 is 14.2 Å². The number of rotatable bonds is 6. The zero-order valence-corrected chi connectivity index (χ0v) is 19.5. The average Bonchev–Trinajstić information content (AvgIpc) is 2.78. The second kappa shape index (κ2) is 8.93. The second-order valence-electron chi connectivity index (χ2n) is 10.1. The molecule has 0 spiro atoms. The summed E-state index contributed by atoms with van der Waals surface area (Å²) >= 11 is 0. The Hall–Kier alpha value is -2.28. The lowest BCUT2D eigenvalue weighted by atomic mass is 9.48. The molecule has 6 rings (SSSR count). The van der Waals surface area contributed by atoms with Crippen LogP contribution in [0, 0.1) is 36.5 Å². The SMILES string of the molecule is CCOC(OC)Oc1ccc(C#Cc2ccc(C)cc2)cc1C12CC3CC(CC(C3)C1)C2. The van der Waals surface area contributed by atoms with E-state index in [1.54, 1.807) is 7.11 Å². The number of aryl methyl sites for hydroxylation is 1. The van der Waals surface area contributed by atoms with E-state index in [1.165, 1.54) is 49.7 Å². The molecule has 4 aliphatic carbocycles.